The minimum atomic E-state index is -4.21. The quantitative estimate of drug-likeness (QED) is 0.808. The van der Waals surface area contributed by atoms with E-state index in [1.54, 1.807) is 26.0 Å². The summed E-state index contributed by atoms with van der Waals surface area (Å²) in [6, 6.07) is 4.40. The van der Waals surface area contributed by atoms with E-state index in [4.69, 9.17) is 5.73 Å². The van der Waals surface area contributed by atoms with Crippen LogP contribution in [-0.2, 0) is 0 Å². The first kappa shape index (κ1) is 12.0. The van der Waals surface area contributed by atoms with Crippen molar-refractivity contribution >= 4 is 0 Å². The van der Waals surface area contributed by atoms with Crippen molar-refractivity contribution in [2.45, 2.75) is 32.5 Å². The second-order valence-electron chi connectivity index (χ2n) is 3.73. The summed E-state index contributed by atoms with van der Waals surface area (Å²) in [4.78, 5) is 0. The van der Waals surface area contributed by atoms with Crippen LogP contribution in [-0.4, -0.2) is 6.18 Å². The van der Waals surface area contributed by atoms with Crippen molar-refractivity contribution < 1.29 is 13.2 Å². The molecule has 1 atom stereocenters. The van der Waals surface area contributed by atoms with E-state index in [0.29, 0.717) is 5.56 Å². The van der Waals surface area contributed by atoms with E-state index < -0.39 is 18.6 Å². The number of benzene rings is 1. The fourth-order valence-corrected chi connectivity index (χ4v) is 1.76. The summed E-state index contributed by atoms with van der Waals surface area (Å²) in [5.74, 6) is 0. The maximum absolute atomic E-state index is 12.2. The summed E-state index contributed by atoms with van der Waals surface area (Å²) in [5, 5.41) is 0. The first-order valence-corrected chi connectivity index (χ1v) is 4.69. The molecule has 0 unspecified atom stereocenters. The molecule has 84 valence electrons. The molecule has 2 N–H and O–H groups in total. The maximum Gasteiger partial charge on any atom is 0.390 e. The lowest BCUT2D eigenvalue weighted by molar-refractivity contribution is -0.138. The summed E-state index contributed by atoms with van der Waals surface area (Å²) in [5.41, 5.74) is 7.79. The van der Waals surface area contributed by atoms with Crippen LogP contribution in [0.3, 0.4) is 0 Å². The van der Waals surface area contributed by atoms with Crippen LogP contribution in [0.5, 0.6) is 0 Å². The molecule has 0 aliphatic rings. The Morgan fingerprint density at radius 3 is 2.07 bits per heavy atom. The molecule has 0 aliphatic heterocycles. The Hall–Kier alpha value is -1.03. The molecule has 0 spiro atoms. The van der Waals surface area contributed by atoms with Crippen molar-refractivity contribution in [1.82, 2.24) is 0 Å². The molecule has 0 bridgehead atoms. The molecule has 15 heavy (non-hydrogen) atoms. The Balaban J connectivity index is 2.96. The van der Waals surface area contributed by atoms with Gasteiger partial charge >= 0.3 is 6.18 Å². The van der Waals surface area contributed by atoms with Gasteiger partial charge in [-0.2, -0.15) is 13.2 Å². The van der Waals surface area contributed by atoms with Gasteiger partial charge in [0, 0.05) is 6.04 Å². The lowest BCUT2D eigenvalue weighted by atomic mass is 9.95. The zero-order chi connectivity index (χ0) is 11.6. The van der Waals surface area contributed by atoms with Crippen molar-refractivity contribution in [2.24, 2.45) is 5.73 Å². The van der Waals surface area contributed by atoms with Crippen LogP contribution in [0, 0.1) is 13.8 Å². The SMILES string of the molecule is Cc1cccc(C)c1[C@@H](N)CC(F)(F)F. The number of rotatable bonds is 2. The van der Waals surface area contributed by atoms with Gasteiger partial charge in [0.2, 0.25) is 0 Å². The van der Waals surface area contributed by atoms with E-state index in [2.05, 4.69) is 0 Å². The zero-order valence-electron chi connectivity index (χ0n) is 8.73. The Labute approximate surface area is 87.1 Å². The molecular formula is C11H14F3N. The van der Waals surface area contributed by atoms with Gasteiger partial charge in [-0.05, 0) is 30.5 Å². The first-order valence-electron chi connectivity index (χ1n) is 4.69. The molecule has 1 aromatic rings. The standard InChI is InChI=1S/C11H14F3N/c1-7-4-3-5-8(2)10(7)9(15)6-11(12,13)14/h3-5,9H,6,15H2,1-2H3/t9-/m0/s1. The molecular weight excluding hydrogens is 203 g/mol. The highest BCUT2D eigenvalue weighted by atomic mass is 19.4. The fraction of sp³-hybridized carbons (Fsp3) is 0.455. The third-order valence-electron chi connectivity index (χ3n) is 2.36. The van der Waals surface area contributed by atoms with Crippen LogP contribution < -0.4 is 5.73 Å². The number of nitrogens with two attached hydrogens (primary N) is 1. The van der Waals surface area contributed by atoms with Crippen molar-refractivity contribution in [3.63, 3.8) is 0 Å². The Kier molecular flexibility index (Phi) is 3.39. The summed E-state index contributed by atoms with van der Waals surface area (Å²) in [7, 11) is 0. The zero-order valence-corrected chi connectivity index (χ0v) is 8.73. The molecule has 1 rings (SSSR count). The number of hydrogen-bond donors (Lipinski definition) is 1. The Morgan fingerprint density at radius 2 is 1.67 bits per heavy atom. The summed E-state index contributed by atoms with van der Waals surface area (Å²) >= 11 is 0. The molecule has 0 amide bonds. The van der Waals surface area contributed by atoms with Crippen molar-refractivity contribution in [3.8, 4) is 0 Å². The summed E-state index contributed by atoms with van der Waals surface area (Å²) < 4.78 is 36.5. The van der Waals surface area contributed by atoms with Gasteiger partial charge in [0.1, 0.15) is 0 Å². The number of hydrogen-bond acceptors (Lipinski definition) is 1. The van der Waals surface area contributed by atoms with Crippen molar-refractivity contribution in [1.29, 1.82) is 0 Å². The van der Waals surface area contributed by atoms with E-state index in [0.717, 1.165) is 11.1 Å². The maximum atomic E-state index is 12.2. The first-order chi connectivity index (χ1) is 6.81. The van der Waals surface area contributed by atoms with Crippen LogP contribution in [0.1, 0.15) is 29.2 Å². The lowest BCUT2D eigenvalue weighted by Crippen LogP contribution is -2.21. The van der Waals surface area contributed by atoms with E-state index in [-0.39, 0.29) is 0 Å². The minimum absolute atomic E-state index is 0.606. The second kappa shape index (κ2) is 4.23. The molecule has 1 nitrogen and oxygen atoms in total. The smallest absolute Gasteiger partial charge is 0.324 e. The van der Waals surface area contributed by atoms with E-state index in [1.165, 1.54) is 0 Å². The summed E-state index contributed by atoms with van der Waals surface area (Å²) in [6.45, 7) is 3.55. The average Bonchev–Trinajstić information content (AvgIpc) is 1.99. The lowest BCUT2D eigenvalue weighted by Gasteiger charge is -2.18. The molecule has 0 heterocycles. The minimum Gasteiger partial charge on any atom is -0.324 e. The van der Waals surface area contributed by atoms with Gasteiger partial charge in [-0.25, -0.2) is 0 Å². The van der Waals surface area contributed by atoms with E-state index in [1.807, 2.05) is 6.07 Å². The van der Waals surface area contributed by atoms with E-state index in [9.17, 15) is 13.2 Å². The van der Waals surface area contributed by atoms with Gasteiger partial charge in [0.15, 0.2) is 0 Å². The molecule has 4 heteroatoms. The molecule has 0 fully saturated rings. The van der Waals surface area contributed by atoms with Gasteiger partial charge in [0.05, 0.1) is 6.42 Å². The molecule has 0 aromatic heterocycles. The van der Waals surface area contributed by atoms with Crippen LogP contribution in [0.25, 0.3) is 0 Å². The highest BCUT2D eigenvalue weighted by molar-refractivity contribution is 5.35. The third-order valence-corrected chi connectivity index (χ3v) is 2.36. The highest BCUT2D eigenvalue weighted by Gasteiger charge is 2.31. The van der Waals surface area contributed by atoms with Gasteiger partial charge < -0.3 is 5.73 Å². The topological polar surface area (TPSA) is 26.0 Å². The van der Waals surface area contributed by atoms with Crippen LogP contribution in [0.15, 0.2) is 18.2 Å². The Bertz CT molecular complexity index is 324. The van der Waals surface area contributed by atoms with Crippen molar-refractivity contribution in [3.05, 3.63) is 34.9 Å². The van der Waals surface area contributed by atoms with Gasteiger partial charge in [-0.1, -0.05) is 18.2 Å². The highest BCUT2D eigenvalue weighted by Crippen LogP contribution is 2.30. The monoisotopic (exact) mass is 217 g/mol. The molecule has 0 saturated carbocycles. The number of alkyl halides is 3. The number of aryl methyl sites for hydroxylation is 2. The average molecular weight is 217 g/mol. The second-order valence-corrected chi connectivity index (χ2v) is 3.73. The van der Waals surface area contributed by atoms with E-state index >= 15 is 0 Å². The van der Waals surface area contributed by atoms with Gasteiger partial charge in [-0.15, -0.1) is 0 Å². The van der Waals surface area contributed by atoms with Crippen LogP contribution >= 0.6 is 0 Å². The molecule has 0 saturated heterocycles. The van der Waals surface area contributed by atoms with Crippen molar-refractivity contribution in [2.75, 3.05) is 0 Å². The van der Waals surface area contributed by atoms with Gasteiger partial charge in [0.25, 0.3) is 0 Å². The molecule has 1 aromatic carbocycles. The summed E-state index contributed by atoms with van der Waals surface area (Å²) in [6.07, 6.45) is -5.19. The fourth-order valence-electron chi connectivity index (χ4n) is 1.76. The Morgan fingerprint density at radius 1 is 1.20 bits per heavy atom. The molecule has 0 aliphatic carbocycles. The largest absolute Gasteiger partial charge is 0.390 e. The van der Waals surface area contributed by atoms with Crippen LogP contribution in [0.4, 0.5) is 13.2 Å². The van der Waals surface area contributed by atoms with Gasteiger partial charge in [-0.3, -0.25) is 0 Å². The van der Waals surface area contributed by atoms with Crippen LogP contribution in [0.2, 0.25) is 0 Å². The number of halogens is 3. The predicted molar refractivity (Wildman–Crippen MR) is 53.5 cm³/mol. The molecule has 0 radical (unpaired) electrons. The third kappa shape index (κ3) is 3.23. The normalized spacial score (nSPS) is 14.0. The predicted octanol–water partition coefficient (Wildman–Crippen LogP) is 3.26.